The minimum absolute atomic E-state index is 0.324. The van der Waals surface area contributed by atoms with Crippen molar-refractivity contribution in [2.45, 2.75) is 0 Å². The molecule has 1 heterocycles. The van der Waals surface area contributed by atoms with Gasteiger partial charge in [0, 0.05) is 0 Å². The molecule has 0 saturated heterocycles. The molecule has 0 atom stereocenters. The van der Waals surface area contributed by atoms with E-state index in [0.717, 1.165) is 12.7 Å². The normalized spacial score (nSPS) is 12.5. The van der Waals surface area contributed by atoms with Crippen molar-refractivity contribution in [1.29, 1.82) is 0 Å². The first-order valence-electron chi connectivity index (χ1n) is 5.17. The van der Waals surface area contributed by atoms with Crippen molar-refractivity contribution in [2.24, 2.45) is 0 Å². The van der Waals surface area contributed by atoms with Crippen LogP contribution < -0.4 is 5.12 Å². The molecule has 0 fully saturated rings. The van der Waals surface area contributed by atoms with Gasteiger partial charge in [0.1, 0.15) is 12.7 Å². The van der Waals surface area contributed by atoms with Gasteiger partial charge in [0.15, 0.2) is 0 Å². The van der Waals surface area contributed by atoms with Gasteiger partial charge in [-0.25, -0.2) is 4.98 Å². The second-order valence-electron chi connectivity index (χ2n) is 3.56. The monoisotopic (exact) mass is 272 g/mol. The van der Waals surface area contributed by atoms with E-state index in [1.54, 1.807) is 0 Å². The second kappa shape index (κ2) is 5.90. The Morgan fingerprint density at radius 1 is 1.00 bits per heavy atom. The number of anilines is 1. The summed E-state index contributed by atoms with van der Waals surface area (Å²) in [6, 6.07) is 0. The maximum atomic E-state index is 9.87. The topological polar surface area (TPSA) is 125 Å². The Morgan fingerprint density at radius 2 is 1.42 bits per heavy atom. The quantitative estimate of drug-likeness (QED) is 0.239. The highest BCUT2D eigenvalue weighted by molar-refractivity contribution is 5.07. The number of hydrogen-bond acceptors (Lipinski definition) is 8. The number of aromatic nitrogens is 3. The van der Waals surface area contributed by atoms with Crippen LogP contribution in [0.5, 0.6) is 0 Å². The Hall–Kier alpha value is -1.79. The van der Waals surface area contributed by atoms with E-state index in [4.69, 9.17) is 0 Å². The van der Waals surface area contributed by atoms with Gasteiger partial charge in [0.05, 0.1) is 0 Å². The fraction of sp³-hybridized carbons (Fsp3) is 0.222. The lowest BCUT2D eigenvalue weighted by Crippen LogP contribution is -2.71. The molecule has 0 aliphatic rings. The predicted octanol–water partition coefficient (Wildman–Crippen LogP) is 0.0356. The van der Waals surface area contributed by atoms with Crippen LogP contribution in [0.4, 0.5) is 5.95 Å². The number of hydrogen-bond donors (Lipinski definition) is 4. The Kier molecular flexibility index (Phi) is 4.74. The van der Waals surface area contributed by atoms with E-state index >= 15 is 0 Å². The van der Waals surface area contributed by atoms with E-state index in [-0.39, 0.29) is 5.95 Å². The van der Waals surface area contributed by atoms with Crippen molar-refractivity contribution >= 4 is 5.95 Å². The third-order valence-electron chi connectivity index (χ3n) is 2.01. The van der Waals surface area contributed by atoms with Crippen LogP contribution in [0.1, 0.15) is 0 Å². The summed E-state index contributed by atoms with van der Waals surface area (Å²) in [5.41, 5.74) is 0. The largest absolute Gasteiger partial charge is 0.520 e. The Morgan fingerprint density at radius 3 is 1.79 bits per heavy atom. The lowest BCUT2D eigenvalue weighted by Gasteiger charge is -2.21. The van der Waals surface area contributed by atoms with E-state index < -0.39 is 22.9 Å². The third kappa shape index (κ3) is 3.59. The van der Waals surface area contributed by atoms with Crippen molar-refractivity contribution in [2.75, 3.05) is 13.1 Å². The van der Waals surface area contributed by atoms with E-state index in [2.05, 4.69) is 28.1 Å². The minimum Gasteiger partial charge on any atom is -0.224 e. The molecule has 10 nitrogen and oxygen atoms in total. The average Bonchev–Trinajstić information content (AvgIpc) is 2.29. The first kappa shape index (κ1) is 15.3. The van der Waals surface area contributed by atoms with Gasteiger partial charge in [-0.1, -0.05) is 13.2 Å². The number of rotatable bonds is 7. The van der Waals surface area contributed by atoms with Crippen LogP contribution in [0.3, 0.4) is 0 Å². The Balaban J connectivity index is 3.26. The molecule has 19 heavy (non-hydrogen) atoms. The molecule has 1 aromatic heterocycles. The average molecular weight is 272 g/mol. The second-order valence-corrected chi connectivity index (χ2v) is 3.56. The van der Waals surface area contributed by atoms with E-state index in [9.17, 15) is 20.8 Å². The summed E-state index contributed by atoms with van der Waals surface area (Å²) in [4.78, 5) is 6.96. The maximum absolute atomic E-state index is 9.87. The molecule has 1 radical (unpaired) electrons. The van der Waals surface area contributed by atoms with Crippen molar-refractivity contribution in [3.8, 4) is 0 Å². The lowest BCUT2D eigenvalue weighted by molar-refractivity contribution is -1.45. The molecule has 1 aromatic rings. The number of quaternary nitrogens is 2. The van der Waals surface area contributed by atoms with Gasteiger partial charge in [0.25, 0.3) is 0 Å². The molecular weight excluding hydrogens is 256 g/mol. The highest BCUT2D eigenvalue weighted by atomic mass is 17.0. The molecule has 103 valence electrons. The molecular formula is C9H16N6O4+3. The SMILES string of the molecule is C=CC[N+](O)(O)[N+](c1ncncn1)[N+](O)(O)CC=C. The summed E-state index contributed by atoms with van der Waals surface area (Å²) >= 11 is 0. The highest BCUT2D eigenvalue weighted by Gasteiger charge is 2.66. The van der Waals surface area contributed by atoms with Crippen molar-refractivity contribution in [3.05, 3.63) is 38.0 Å². The summed E-state index contributed by atoms with van der Waals surface area (Å²) in [7, 11) is 0. The summed E-state index contributed by atoms with van der Waals surface area (Å²) in [6.45, 7) is 5.81. The van der Waals surface area contributed by atoms with Gasteiger partial charge in [-0.2, -0.15) is 0 Å². The zero-order valence-electron chi connectivity index (χ0n) is 10.1. The van der Waals surface area contributed by atoms with Gasteiger partial charge in [-0.15, -0.1) is 30.8 Å². The van der Waals surface area contributed by atoms with Gasteiger partial charge in [0.2, 0.25) is 22.9 Å². The van der Waals surface area contributed by atoms with Crippen LogP contribution >= 0.6 is 0 Å². The first-order valence-corrected chi connectivity index (χ1v) is 5.17. The molecule has 0 unspecified atom stereocenters. The fourth-order valence-corrected chi connectivity index (χ4v) is 1.35. The molecule has 0 aliphatic carbocycles. The molecule has 0 spiro atoms. The molecule has 0 aliphatic heterocycles. The van der Waals surface area contributed by atoms with E-state index in [0.29, 0.717) is 5.12 Å². The van der Waals surface area contributed by atoms with Gasteiger partial charge >= 0.3 is 11.1 Å². The standard InChI is InChI=1S/C9H16N6O4/c1-3-5-14(16,17)13(15(18,19)6-4-2)9-11-7-10-8-12-9/h3-4,7-8,16-19H,1-2,5-6H2/q+3. The van der Waals surface area contributed by atoms with Crippen LogP contribution in [0.25, 0.3) is 0 Å². The van der Waals surface area contributed by atoms with E-state index in [1.807, 2.05) is 0 Å². The van der Waals surface area contributed by atoms with Crippen LogP contribution in [-0.2, 0) is 0 Å². The van der Waals surface area contributed by atoms with Gasteiger partial charge in [-0.05, 0) is 12.2 Å². The zero-order valence-corrected chi connectivity index (χ0v) is 10.1. The van der Waals surface area contributed by atoms with Crippen LogP contribution in [0.15, 0.2) is 38.0 Å². The molecule has 0 bridgehead atoms. The Labute approximate surface area is 109 Å². The maximum Gasteiger partial charge on any atom is 0.520 e. The third-order valence-corrected chi connectivity index (χ3v) is 2.01. The highest BCUT2D eigenvalue weighted by Crippen LogP contribution is 2.19. The van der Waals surface area contributed by atoms with Crippen molar-refractivity contribution in [1.82, 2.24) is 20.1 Å². The van der Waals surface area contributed by atoms with Crippen molar-refractivity contribution in [3.63, 3.8) is 0 Å². The lowest BCUT2D eigenvalue weighted by atomic mass is 10.6. The number of nitrogens with zero attached hydrogens (tertiary/aromatic N) is 6. The fourth-order valence-electron chi connectivity index (χ4n) is 1.35. The molecule has 10 heteroatoms. The first-order chi connectivity index (χ1) is 8.85. The molecule has 1 rings (SSSR count). The summed E-state index contributed by atoms with van der Waals surface area (Å²) in [5.74, 6) is -0.367. The van der Waals surface area contributed by atoms with Gasteiger partial charge < -0.3 is 0 Å². The molecule has 0 saturated carbocycles. The van der Waals surface area contributed by atoms with Crippen LogP contribution in [0.2, 0.25) is 0 Å². The summed E-state index contributed by atoms with van der Waals surface area (Å²) in [6.07, 6.45) is 4.47. The van der Waals surface area contributed by atoms with Crippen molar-refractivity contribution < 1.29 is 30.7 Å². The molecule has 4 N–H and O–H groups in total. The Bertz CT molecular complexity index is 416. The zero-order chi connectivity index (χ0) is 14.5. The summed E-state index contributed by atoms with van der Waals surface area (Å²) in [5, 5.41) is 39.8. The van der Waals surface area contributed by atoms with Crippen LogP contribution in [0, 0.1) is 0 Å². The number of hydroxylamine groups is 4. The minimum atomic E-state index is -1.94. The molecule has 0 amide bonds. The predicted molar refractivity (Wildman–Crippen MR) is 59.4 cm³/mol. The smallest absolute Gasteiger partial charge is 0.224 e. The van der Waals surface area contributed by atoms with E-state index in [1.165, 1.54) is 12.2 Å². The van der Waals surface area contributed by atoms with Crippen LogP contribution in [-0.4, -0.2) is 58.7 Å². The summed E-state index contributed by atoms with van der Waals surface area (Å²) < 4.78 is 0. The van der Waals surface area contributed by atoms with Gasteiger partial charge in [-0.3, -0.25) is 0 Å². The molecule has 0 aromatic carbocycles.